The van der Waals surface area contributed by atoms with Gasteiger partial charge < -0.3 is 5.73 Å². The molecule has 2 aromatic rings. The SMILES string of the molecule is Cc1cc(C(N)c2cc(C)c(F)c(C)c2)ccc1F. The summed E-state index contributed by atoms with van der Waals surface area (Å²) in [5.74, 6) is -0.450. The van der Waals surface area contributed by atoms with Gasteiger partial charge in [0, 0.05) is 0 Å². The molecule has 1 atom stereocenters. The van der Waals surface area contributed by atoms with Crippen molar-refractivity contribution in [1.29, 1.82) is 0 Å². The van der Waals surface area contributed by atoms with Crippen LogP contribution in [-0.2, 0) is 0 Å². The van der Waals surface area contributed by atoms with E-state index in [0.29, 0.717) is 16.7 Å². The Bertz CT molecular complexity index is 597. The first-order chi connectivity index (χ1) is 8.90. The molecule has 0 bridgehead atoms. The van der Waals surface area contributed by atoms with E-state index in [4.69, 9.17) is 5.73 Å². The zero-order chi connectivity index (χ0) is 14.2. The van der Waals surface area contributed by atoms with Crippen LogP contribution in [0.1, 0.15) is 33.9 Å². The lowest BCUT2D eigenvalue weighted by molar-refractivity contribution is 0.607. The van der Waals surface area contributed by atoms with Crippen LogP contribution < -0.4 is 5.73 Å². The average molecular weight is 261 g/mol. The zero-order valence-corrected chi connectivity index (χ0v) is 11.3. The van der Waals surface area contributed by atoms with Crippen LogP contribution in [0.15, 0.2) is 30.3 Å². The van der Waals surface area contributed by atoms with E-state index in [1.54, 1.807) is 45.0 Å². The topological polar surface area (TPSA) is 26.0 Å². The van der Waals surface area contributed by atoms with Crippen molar-refractivity contribution in [3.63, 3.8) is 0 Å². The van der Waals surface area contributed by atoms with Crippen molar-refractivity contribution in [3.05, 3.63) is 69.8 Å². The van der Waals surface area contributed by atoms with E-state index in [9.17, 15) is 8.78 Å². The van der Waals surface area contributed by atoms with E-state index in [-0.39, 0.29) is 17.7 Å². The normalized spacial score (nSPS) is 12.5. The molecule has 0 aromatic heterocycles. The van der Waals surface area contributed by atoms with Gasteiger partial charge in [-0.05, 0) is 54.7 Å². The fourth-order valence-electron chi connectivity index (χ4n) is 2.21. The smallest absolute Gasteiger partial charge is 0.129 e. The molecule has 2 aromatic carbocycles. The first kappa shape index (κ1) is 13.7. The van der Waals surface area contributed by atoms with Gasteiger partial charge in [0.25, 0.3) is 0 Å². The molecule has 1 nitrogen and oxygen atoms in total. The molecule has 0 aliphatic rings. The molecule has 0 saturated heterocycles. The molecule has 2 N–H and O–H groups in total. The van der Waals surface area contributed by atoms with Gasteiger partial charge in [-0.25, -0.2) is 8.78 Å². The van der Waals surface area contributed by atoms with Gasteiger partial charge >= 0.3 is 0 Å². The van der Waals surface area contributed by atoms with Crippen LogP contribution in [0.4, 0.5) is 8.78 Å². The Morgan fingerprint density at radius 2 is 1.37 bits per heavy atom. The Morgan fingerprint density at radius 3 is 1.89 bits per heavy atom. The van der Waals surface area contributed by atoms with E-state index in [0.717, 1.165) is 11.1 Å². The fraction of sp³-hybridized carbons (Fsp3) is 0.250. The fourth-order valence-corrected chi connectivity index (χ4v) is 2.21. The molecule has 0 heterocycles. The Kier molecular flexibility index (Phi) is 3.67. The van der Waals surface area contributed by atoms with Crippen LogP contribution >= 0.6 is 0 Å². The summed E-state index contributed by atoms with van der Waals surface area (Å²) in [6, 6.07) is 7.91. The van der Waals surface area contributed by atoms with Crippen molar-refractivity contribution in [2.24, 2.45) is 5.73 Å². The summed E-state index contributed by atoms with van der Waals surface area (Å²) in [6.07, 6.45) is 0. The molecule has 1 unspecified atom stereocenters. The van der Waals surface area contributed by atoms with Crippen LogP contribution in [0.3, 0.4) is 0 Å². The van der Waals surface area contributed by atoms with Crippen LogP contribution in [0.2, 0.25) is 0 Å². The molecule has 0 radical (unpaired) electrons. The lowest BCUT2D eigenvalue weighted by Crippen LogP contribution is -2.13. The third-order valence-corrected chi connectivity index (χ3v) is 3.36. The van der Waals surface area contributed by atoms with Crippen molar-refractivity contribution in [1.82, 2.24) is 0 Å². The van der Waals surface area contributed by atoms with Crippen LogP contribution in [0.5, 0.6) is 0 Å². The molecule has 100 valence electrons. The number of benzene rings is 2. The van der Waals surface area contributed by atoms with Crippen LogP contribution in [-0.4, -0.2) is 0 Å². The molecular formula is C16H17F2N. The van der Waals surface area contributed by atoms with E-state index >= 15 is 0 Å². The van der Waals surface area contributed by atoms with Crippen molar-refractivity contribution in [2.45, 2.75) is 26.8 Å². The minimum Gasteiger partial charge on any atom is -0.320 e. The summed E-state index contributed by atoms with van der Waals surface area (Å²) >= 11 is 0. The second-order valence-electron chi connectivity index (χ2n) is 4.95. The maximum atomic E-state index is 13.6. The molecule has 0 spiro atoms. The van der Waals surface area contributed by atoms with Crippen molar-refractivity contribution in [2.75, 3.05) is 0 Å². The third-order valence-electron chi connectivity index (χ3n) is 3.36. The highest BCUT2D eigenvalue weighted by Crippen LogP contribution is 2.25. The Labute approximate surface area is 112 Å². The van der Waals surface area contributed by atoms with E-state index in [1.165, 1.54) is 6.07 Å². The van der Waals surface area contributed by atoms with Gasteiger partial charge in [-0.1, -0.05) is 24.3 Å². The number of hydrogen-bond acceptors (Lipinski definition) is 1. The first-order valence-corrected chi connectivity index (χ1v) is 6.18. The monoisotopic (exact) mass is 261 g/mol. The number of halogens is 2. The van der Waals surface area contributed by atoms with Crippen molar-refractivity contribution < 1.29 is 8.78 Å². The Balaban J connectivity index is 2.43. The second kappa shape index (κ2) is 5.10. The summed E-state index contributed by atoms with van der Waals surface area (Å²) < 4.78 is 26.9. The van der Waals surface area contributed by atoms with Gasteiger partial charge in [0.05, 0.1) is 6.04 Å². The highest BCUT2D eigenvalue weighted by molar-refractivity contribution is 5.38. The molecule has 19 heavy (non-hydrogen) atoms. The predicted octanol–water partition coefficient (Wildman–Crippen LogP) is 3.94. The first-order valence-electron chi connectivity index (χ1n) is 6.18. The average Bonchev–Trinajstić information content (AvgIpc) is 2.37. The van der Waals surface area contributed by atoms with Crippen LogP contribution in [0.25, 0.3) is 0 Å². The van der Waals surface area contributed by atoms with Gasteiger partial charge in [-0.3, -0.25) is 0 Å². The Hall–Kier alpha value is -1.74. The predicted molar refractivity (Wildman–Crippen MR) is 73.0 cm³/mol. The molecule has 0 saturated carbocycles. The molecular weight excluding hydrogens is 244 g/mol. The van der Waals surface area contributed by atoms with E-state index in [1.807, 2.05) is 0 Å². The van der Waals surface area contributed by atoms with Gasteiger partial charge in [-0.15, -0.1) is 0 Å². The van der Waals surface area contributed by atoms with E-state index < -0.39 is 0 Å². The largest absolute Gasteiger partial charge is 0.320 e. The third kappa shape index (κ3) is 2.66. The maximum Gasteiger partial charge on any atom is 0.129 e. The summed E-state index contributed by atoms with van der Waals surface area (Å²) in [5, 5.41) is 0. The summed E-state index contributed by atoms with van der Waals surface area (Å²) in [4.78, 5) is 0. The lowest BCUT2D eigenvalue weighted by atomic mass is 9.95. The number of aryl methyl sites for hydroxylation is 3. The zero-order valence-electron chi connectivity index (χ0n) is 11.3. The second-order valence-corrected chi connectivity index (χ2v) is 4.95. The number of rotatable bonds is 2. The van der Waals surface area contributed by atoms with Crippen molar-refractivity contribution in [3.8, 4) is 0 Å². The minimum absolute atomic E-state index is 0.203. The standard InChI is InChI=1S/C16H17F2N/c1-9-6-12(4-5-14(9)17)16(19)13-7-10(2)15(18)11(3)8-13/h4-8,16H,19H2,1-3H3. The quantitative estimate of drug-likeness (QED) is 0.870. The van der Waals surface area contributed by atoms with E-state index in [2.05, 4.69) is 0 Å². The number of hydrogen-bond donors (Lipinski definition) is 1. The molecule has 0 amide bonds. The summed E-state index contributed by atoms with van der Waals surface area (Å²) in [5.41, 5.74) is 9.54. The van der Waals surface area contributed by atoms with Gasteiger partial charge in [0.15, 0.2) is 0 Å². The lowest BCUT2D eigenvalue weighted by Gasteiger charge is -2.15. The molecule has 2 rings (SSSR count). The highest BCUT2D eigenvalue weighted by atomic mass is 19.1. The molecule has 0 fully saturated rings. The van der Waals surface area contributed by atoms with Crippen molar-refractivity contribution >= 4 is 0 Å². The molecule has 0 aliphatic heterocycles. The Morgan fingerprint density at radius 1 is 0.842 bits per heavy atom. The summed E-state index contributed by atoms with van der Waals surface area (Å²) in [7, 11) is 0. The summed E-state index contributed by atoms with van der Waals surface area (Å²) in [6.45, 7) is 5.13. The molecule has 3 heteroatoms. The van der Waals surface area contributed by atoms with Gasteiger partial charge in [0.1, 0.15) is 11.6 Å². The van der Waals surface area contributed by atoms with Crippen LogP contribution in [0, 0.1) is 32.4 Å². The van der Waals surface area contributed by atoms with Gasteiger partial charge in [0.2, 0.25) is 0 Å². The highest BCUT2D eigenvalue weighted by Gasteiger charge is 2.13. The van der Waals surface area contributed by atoms with Gasteiger partial charge in [-0.2, -0.15) is 0 Å². The maximum absolute atomic E-state index is 13.6. The number of nitrogens with two attached hydrogens (primary N) is 1. The minimum atomic E-state index is -0.378. The molecule has 0 aliphatic carbocycles.